The number of hydrogen-bond acceptors (Lipinski definition) is 4. The van der Waals surface area contributed by atoms with E-state index in [4.69, 9.17) is 5.11 Å². The third-order valence-electron chi connectivity index (χ3n) is 3.86. The molecule has 1 aromatic rings. The molecule has 0 aromatic heterocycles. The maximum Gasteiger partial charge on any atom is 0.325 e. The second-order valence-corrected chi connectivity index (χ2v) is 7.55. The highest BCUT2D eigenvalue weighted by Crippen LogP contribution is 2.26. The Labute approximate surface area is 135 Å². The van der Waals surface area contributed by atoms with Gasteiger partial charge in [0.2, 0.25) is 15.9 Å². The van der Waals surface area contributed by atoms with Crippen LogP contribution in [0.15, 0.2) is 29.2 Å². The third kappa shape index (κ3) is 3.70. The van der Waals surface area contributed by atoms with Crippen molar-refractivity contribution in [3.63, 3.8) is 0 Å². The van der Waals surface area contributed by atoms with Gasteiger partial charge in [-0.05, 0) is 38.8 Å². The van der Waals surface area contributed by atoms with E-state index in [-0.39, 0.29) is 11.4 Å². The first kappa shape index (κ1) is 17.4. The highest BCUT2D eigenvalue weighted by atomic mass is 32.2. The lowest BCUT2D eigenvalue weighted by molar-refractivity contribution is -0.141. The molecule has 126 valence electrons. The Balaban J connectivity index is 2.22. The fourth-order valence-electron chi connectivity index (χ4n) is 2.51. The third-order valence-corrected chi connectivity index (χ3v) is 5.79. The Hall–Kier alpha value is -1.93. The van der Waals surface area contributed by atoms with Crippen LogP contribution >= 0.6 is 0 Å². The second kappa shape index (κ2) is 6.67. The summed E-state index contributed by atoms with van der Waals surface area (Å²) in [6.45, 7) is 3.44. The number of aliphatic carboxylic acids is 1. The molecule has 1 fully saturated rings. The average Bonchev–Trinajstić information content (AvgIpc) is 2.97. The van der Waals surface area contributed by atoms with Crippen molar-refractivity contribution in [1.29, 1.82) is 0 Å². The minimum atomic E-state index is -3.78. The van der Waals surface area contributed by atoms with Crippen LogP contribution in [-0.4, -0.2) is 48.3 Å². The quantitative estimate of drug-likeness (QED) is 0.823. The number of nitrogens with zero attached hydrogens (tertiary/aromatic N) is 1. The second-order valence-electron chi connectivity index (χ2n) is 5.66. The van der Waals surface area contributed by atoms with Gasteiger partial charge in [0.05, 0.1) is 4.90 Å². The van der Waals surface area contributed by atoms with Crippen molar-refractivity contribution in [3.8, 4) is 0 Å². The van der Waals surface area contributed by atoms with Crippen molar-refractivity contribution in [2.24, 2.45) is 0 Å². The molecule has 1 aliphatic rings. The van der Waals surface area contributed by atoms with Gasteiger partial charge in [-0.15, -0.1) is 0 Å². The van der Waals surface area contributed by atoms with Crippen molar-refractivity contribution in [3.05, 3.63) is 29.8 Å². The maximum atomic E-state index is 12.7. The normalized spacial score (nSPS) is 20.2. The Morgan fingerprint density at radius 1 is 1.30 bits per heavy atom. The highest BCUT2D eigenvalue weighted by Gasteiger charge is 2.40. The number of carbonyl (C=O) groups is 2. The minimum absolute atomic E-state index is 0.133. The van der Waals surface area contributed by atoms with E-state index in [2.05, 4.69) is 5.32 Å². The monoisotopic (exact) mass is 340 g/mol. The molecule has 0 saturated carbocycles. The number of rotatable bonds is 5. The summed E-state index contributed by atoms with van der Waals surface area (Å²) in [5, 5.41) is 11.2. The molecular formula is C15H20N2O5S. The lowest BCUT2D eigenvalue weighted by atomic mass is 10.2. The molecule has 0 radical (unpaired) electrons. The van der Waals surface area contributed by atoms with Crippen LogP contribution in [0.4, 0.5) is 0 Å². The number of sulfonamides is 1. The van der Waals surface area contributed by atoms with Crippen LogP contribution in [0.25, 0.3) is 0 Å². The molecule has 1 aromatic carbocycles. The molecule has 2 rings (SSSR count). The van der Waals surface area contributed by atoms with E-state index >= 15 is 0 Å². The molecule has 1 aliphatic heterocycles. The van der Waals surface area contributed by atoms with E-state index in [0.29, 0.717) is 12.8 Å². The standard InChI is InChI=1S/C15H20N2O5S/c1-10-5-7-12(8-6-10)23(21,22)17-9-3-4-13(17)14(18)16-11(2)15(19)20/h5-8,11,13H,3-4,9H2,1-2H3,(H,16,18)(H,19,20)/t11-,13-/m0/s1. The lowest BCUT2D eigenvalue weighted by Crippen LogP contribution is -2.49. The molecule has 1 saturated heterocycles. The number of carboxylic acid groups (broad SMARTS) is 1. The van der Waals surface area contributed by atoms with E-state index in [1.165, 1.54) is 19.1 Å². The highest BCUT2D eigenvalue weighted by molar-refractivity contribution is 7.89. The smallest absolute Gasteiger partial charge is 0.325 e. The molecule has 0 bridgehead atoms. The summed E-state index contributed by atoms with van der Waals surface area (Å²) in [6, 6.07) is 4.49. The molecule has 1 amide bonds. The zero-order valence-electron chi connectivity index (χ0n) is 13.0. The van der Waals surface area contributed by atoms with Gasteiger partial charge in [-0.1, -0.05) is 17.7 Å². The number of benzene rings is 1. The Bertz CT molecular complexity index is 699. The molecule has 23 heavy (non-hydrogen) atoms. The van der Waals surface area contributed by atoms with E-state index in [9.17, 15) is 18.0 Å². The zero-order valence-corrected chi connectivity index (χ0v) is 13.8. The first-order valence-corrected chi connectivity index (χ1v) is 8.79. The van der Waals surface area contributed by atoms with Crippen molar-refractivity contribution in [2.75, 3.05) is 6.54 Å². The van der Waals surface area contributed by atoms with E-state index in [1.54, 1.807) is 12.1 Å². The van der Waals surface area contributed by atoms with E-state index < -0.39 is 34.0 Å². The Kier molecular flexibility index (Phi) is 5.06. The Morgan fingerprint density at radius 2 is 1.91 bits per heavy atom. The molecule has 0 unspecified atom stereocenters. The number of amides is 1. The van der Waals surface area contributed by atoms with Crippen LogP contribution in [0.3, 0.4) is 0 Å². The molecule has 0 aliphatic carbocycles. The van der Waals surface area contributed by atoms with Crippen molar-refractivity contribution in [2.45, 2.75) is 43.7 Å². The van der Waals surface area contributed by atoms with Crippen molar-refractivity contribution in [1.82, 2.24) is 9.62 Å². The summed E-state index contributed by atoms with van der Waals surface area (Å²) in [5.41, 5.74) is 0.940. The van der Waals surface area contributed by atoms with Crippen molar-refractivity contribution >= 4 is 21.9 Å². The van der Waals surface area contributed by atoms with Crippen LogP contribution in [0.5, 0.6) is 0 Å². The summed E-state index contributed by atoms with van der Waals surface area (Å²) in [6.07, 6.45) is 0.938. The van der Waals surface area contributed by atoms with Gasteiger partial charge in [0.15, 0.2) is 0 Å². The number of nitrogens with one attached hydrogen (secondary N) is 1. The molecule has 1 heterocycles. The Morgan fingerprint density at radius 3 is 2.48 bits per heavy atom. The minimum Gasteiger partial charge on any atom is -0.480 e. The van der Waals surface area contributed by atoms with Gasteiger partial charge in [0.25, 0.3) is 0 Å². The van der Waals surface area contributed by atoms with Crippen LogP contribution in [0.2, 0.25) is 0 Å². The maximum absolute atomic E-state index is 12.7. The van der Waals surface area contributed by atoms with Crippen molar-refractivity contribution < 1.29 is 23.1 Å². The predicted octanol–water partition coefficient (Wildman–Crippen LogP) is 0.737. The molecular weight excluding hydrogens is 320 g/mol. The number of aryl methyl sites for hydroxylation is 1. The predicted molar refractivity (Wildman–Crippen MR) is 83.3 cm³/mol. The SMILES string of the molecule is Cc1ccc(S(=O)(=O)N2CCC[C@H]2C(=O)N[C@@H](C)C(=O)O)cc1. The van der Waals surface area contributed by atoms with Crippen LogP contribution in [-0.2, 0) is 19.6 Å². The fraction of sp³-hybridized carbons (Fsp3) is 0.467. The lowest BCUT2D eigenvalue weighted by Gasteiger charge is -2.24. The summed E-state index contributed by atoms with van der Waals surface area (Å²) >= 11 is 0. The summed E-state index contributed by atoms with van der Waals surface area (Å²) < 4.78 is 26.6. The molecule has 7 nitrogen and oxygen atoms in total. The molecule has 8 heteroatoms. The zero-order chi connectivity index (χ0) is 17.2. The first-order chi connectivity index (χ1) is 10.7. The molecule has 2 atom stereocenters. The summed E-state index contributed by atoms with van der Waals surface area (Å²) in [4.78, 5) is 23.2. The van der Waals surface area contributed by atoms with Gasteiger partial charge in [-0.3, -0.25) is 9.59 Å². The van der Waals surface area contributed by atoms with E-state index in [1.807, 2.05) is 6.92 Å². The number of carboxylic acids is 1. The largest absolute Gasteiger partial charge is 0.480 e. The van der Waals surface area contributed by atoms with E-state index in [0.717, 1.165) is 9.87 Å². The number of hydrogen-bond donors (Lipinski definition) is 2. The van der Waals surface area contributed by atoms with Crippen LogP contribution in [0, 0.1) is 6.92 Å². The summed E-state index contributed by atoms with van der Waals surface area (Å²) in [5.74, 6) is -1.74. The van der Waals surface area contributed by atoms with Gasteiger partial charge >= 0.3 is 5.97 Å². The van der Waals surface area contributed by atoms with Gasteiger partial charge in [0, 0.05) is 6.54 Å². The molecule has 0 spiro atoms. The van der Waals surface area contributed by atoms with Gasteiger partial charge in [-0.2, -0.15) is 4.31 Å². The fourth-order valence-corrected chi connectivity index (χ4v) is 4.16. The van der Waals surface area contributed by atoms with Gasteiger partial charge < -0.3 is 10.4 Å². The first-order valence-electron chi connectivity index (χ1n) is 7.35. The van der Waals surface area contributed by atoms with Crippen LogP contribution < -0.4 is 5.32 Å². The van der Waals surface area contributed by atoms with Gasteiger partial charge in [-0.25, -0.2) is 8.42 Å². The topological polar surface area (TPSA) is 104 Å². The molecule has 2 N–H and O–H groups in total. The number of carbonyl (C=O) groups excluding carboxylic acids is 1. The van der Waals surface area contributed by atoms with Crippen LogP contribution in [0.1, 0.15) is 25.3 Å². The summed E-state index contributed by atoms with van der Waals surface area (Å²) in [7, 11) is -3.78. The average molecular weight is 340 g/mol. The van der Waals surface area contributed by atoms with Gasteiger partial charge in [0.1, 0.15) is 12.1 Å².